The van der Waals surface area contributed by atoms with Gasteiger partial charge < -0.3 is 10.2 Å². The molecule has 6 nitrogen and oxygen atoms in total. The second-order valence-corrected chi connectivity index (χ2v) is 10.1. The van der Waals surface area contributed by atoms with Gasteiger partial charge >= 0.3 is 0 Å². The number of hydrogen-bond donors (Lipinski definition) is 1. The first kappa shape index (κ1) is 23.3. The van der Waals surface area contributed by atoms with Crippen molar-refractivity contribution >= 4 is 21.6 Å². The number of carbonyl (C=O) groups is 1. The van der Waals surface area contributed by atoms with Gasteiger partial charge in [-0.05, 0) is 68.5 Å². The molecule has 3 rings (SSSR count). The van der Waals surface area contributed by atoms with Gasteiger partial charge in [-0.1, -0.05) is 25.1 Å². The average molecular weight is 444 g/mol. The first-order valence-electron chi connectivity index (χ1n) is 11.1. The monoisotopic (exact) mass is 443 g/mol. The Labute approximate surface area is 186 Å². The number of nitrogens with zero attached hydrogens (tertiary/aromatic N) is 2. The molecule has 31 heavy (non-hydrogen) atoms. The number of carbonyl (C=O) groups excluding carboxylic acids is 1. The molecule has 0 bridgehead atoms. The maximum absolute atomic E-state index is 13.0. The topological polar surface area (TPSA) is 69.7 Å². The molecule has 0 saturated carbocycles. The predicted octanol–water partition coefficient (Wildman–Crippen LogP) is 3.88. The molecule has 0 aliphatic carbocycles. The van der Waals surface area contributed by atoms with Gasteiger partial charge in [0.2, 0.25) is 10.0 Å². The second kappa shape index (κ2) is 10.3. The SMILES string of the molecule is CCN(CC)c1ccc(CNC(=O)c2cccc(S(=O)(=O)N3CCC(C)CC3)c2)cc1. The summed E-state index contributed by atoms with van der Waals surface area (Å²) in [6, 6.07) is 14.5. The van der Waals surface area contributed by atoms with Crippen LogP contribution in [0.2, 0.25) is 0 Å². The summed E-state index contributed by atoms with van der Waals surface area (Å²) in [5.41, 5.74) is 2.51. The summed E-state index contributed by atoms with van der Waals surface area (Å²) in [4.78, 5) is 15.1. The summed E-state index contributed by atoms with van der Waals surface area (Å²) < 4.78 is 27.5. The molecule has 1 fully saturated rings. The number of rotatable bonds is 8. The van der Waals surface area contributed by atoms with Crippen molar-refractivity contribution in [3.05, 3.63) is 59.7 Å². The van der Waals surface area contributed by atoms with Gasteiger partial charge in [0.25, 0.3) is 5.91 Å². The quantitative estimate of drug-likeness (QED) is 0.672. The smallest absolute Gasteiger partial charge is 0.251 e. The second-order valence-electron chi connectivity index (χ2n) is 8.14. The lowest BCUT2D eigenvalue weighted by molar-refractivity contribution is 0.0950. The normalized spacial score (nSPS) is 15.6. The minimum Gasteiger partial charge on any atom is -0.372 e. The Kier molecular flexibility index (Phi) is 7.73. The Morgan fingerprint density at radius 3 is 2.32 bits per heavy atom. The van der Waals surface area contributed by atoms with Gasteiger partial charge in [0.15, 0.2) is 0 Å². The van der Waals surface area contributed by atoms with Crippen LogP contribution in [0.15, 0.2) is 53.4 Å². The fourth-order valence-corrected chi connectivity index (χ4v) is 5.39. The number of sulfonamides is 1. The van der Waals surface area contributed by atoms with E-state index in [1.807, 2.05) is 12.1 Å². The van der Waals surface area contributed by atoms with Crippen molar-refractivity contribution in [1.82, 2.24) is 9.62 Å². The Hall–Kier alpha value is -2.38. The lowest BCUT2D eigenvalue weighted by Crippen LogP contribution is -2.38. The predicted molar refractivity (Wildman–Crippen MR) is 125 cm³/mol. The third kappa shape index (κ3) is 5.66. The summed E-state index contributed by atoms with van der Waals surface area (Å²) >= 11 is 0. The van der Waals surface area contributed by atoms with E-state index in [0.717, 1.165) is 37.2 Å². The minimum absolute atomic E-state index is 0.179. The van der Waals surface area contributed by atoms with E-state index in [1.54, 1.807) is 18.2 Å². The summed E-state index contributed by atoms with van der Waals surface area (Å²) in [6.45, 7) is 9.73. The van der Waals surface area contributed by atoms with Crippen molar-refractivity contribution in [2.45, 2.75) is 45.1 Å². The van der Waals surface area contributed by atoms with Crippen molar-refractivity contribution < 1.29 is 13.2 Å². The van der Waals surface area contributed by atoms with Gasteiger partial charge in [0, 0.05) is 44.0 Å². The Bertz CT molecular complexity index is 977. The highest BCUT2D eigenvalue weighted by Crippen LogP contribution is 2.24. The van der Waals surface area contributed by atoms with E-state index < -0.39 is 10.0 Å². The fourth-order valence-electron chi connectivity index (χ4n) is 3.87. The van der Waals surface area contributed by atoms with E-state index in [-0.39, 0.29) is 10.8 Å². The number of nitrogens with one attached hydrogen (secondary N) is 1. The van der Waals surface area contributed by atoms with Crippen LogP contribution in [0.1, 0.15) is 49.5 Å². The maximum Gasteiger partial charge on any atom is 0.251 e. The molecular weight excluding hydrogens is 410 g/mol. The number of anilines is 1. The van der Waals surface area contributed by atoms with E-state index in [9.17, 15) is 13.2 Å². The van der Waals surface area contributed by atoms with Crippen LogP contribution in [0, 0.1) is 5.92 Å². The first-order valence-corrected chi connectivity index (χ1v) is 12.5. The zero-order chi connectivity index (χ0) is 22.4. The van der Waals surface area contributed by atoms with Gasteiger partial charge in [0.05, 0.1) is 4.90 Å². The van der Waals surface area contributed by atoms with E-state index >= 15 is 0 Å². The third-order valence-electron chi connectivity index (χ3n) is 5.99. The molecule has 1 aliphatic rings. The number of benzene rings is 2. The zero-order valence-electron chi connectivity index (χ0n) is 18.7. The molecule has 7 heteroatoms. The van der Waals surface area contributed by atoms with Crippen LogP contribution < -0.4 is 10.2 Å². The van der Waals surface area contributed by atoms with Gasteiger partial charge in [0.1, 0.15) is 0 Å². The van der Waals surface area contributed by atoms with Crippen molar-refractivity contribution in [3.8, 4) is 0 Å². The molecule has 168 valence electrons. The van der Waals surface area contributed by atoms with Crippen LogP contribution >= 0.6 is 0 Å². The Balaban J connectivity index is 1.65. The van der Waals surface area contributed by atoms with Crippen LogP contribution in [0.3, 0.4) is 0 Å². The molecule has 2 aromatic rings. The standard InChI is InChI=1S/C24H33N3O3S/c1-4-26(5-2)22-11-9-20(10-12-22)18-25-24(28)21-7-6-8-23(17-21)31(29,30)27-15-13-19(3)14-16-27/h6-12,17,19H,4-5,13-16,18H2,1-3H3,(H,25,28). The summed E-state index contributed by atoms with van der Waals surface area (Å²) in [5.74, 6) is 0.266. The minimum atomic E-state index is -3.58. The fraction of sp³-hybridized carbons (Fsp3) is 0.458. The van der Waals surface area contributed by atoms with Crippen molar-refractivity contribution in [2.24, 2.45) is 5.92 Å². The van der Waals surface area contributed by atoms with Crippen molar-refractivity contribution in [2.75, 3.05) is 31.1 Å². The molecule has 1 aliphatic heterocycles. The highest BCUT2D eigenvalue weighted by Gasteiger charge is 2.28. The first-order chi connectivity index (χ1) is 14.8. The van der Waals surface area contributed by atoms with Crippen LogP contribution in [0.5, 0.6) is 0 Å². The largest absolute Gasteiger partial charge is 0.372 e. The lowest BCUT2D eigenvalue weighted by Gasteiger charge is -2.29. The van der Waals surface area contributed by atoms with Crippen molar-refractivity contribution in [1.29, 1.82) is 0 Å². The number of amides is 1. The third-order valence-corrected chi connectivity index (χ3v) is 7.89. The molecule has 1 amide bonds. The van der Waals surface area contributed by atoms with E-state index in [2.05, 4.69) is 43.1 Å². The summed E-state index contributed by atoms with van der Waals surface area (Å²) in [6.07, 6.45) is 1.74. The van der Waals surface area contributed by atoms with Gasteiger partial charge in [-0.3, -0.25) is 4.79 Å². The lowest BCUT2D eigenvalue weighted by atomic mass is 10.0. The molecule has 0 unspecified atom stereocenters. The summed E-state index contributed by atoms with van der Waals surface area (Å²) in [7, 11) is -3.58. The van der Waals surface area contributed by atoms with Crippen LogP contribution in [0.25, 0.3) is 0 Å². The zero-order valence-corrected chi connectivity index (χ0v) is 19.5. The average Bonchev–Trinajstić information content (AvgIpc) is 2.79. The molecular formula is C24H33N3O3S. The van der Waals surface area contributed by atoms with Crippen LogP contribution in [-0.4, -0.2) is 44.8 Å². The number of piperidine rings is 1. The molecule has 1 saturated heterocycles. The van der Waals surface area contributed by atoms with E-state index in [0.29, 0.717) is 31.1 Å². The van der Waals surface area contributed by atoms with Crippen LogP contribution in [0.4, 0.5) is 5.69 Å². The molecule has 2 aromatic carbocycles. The van der Waals surface area contributed by atoms with Gasteiger partial charge in [-0.25, -0.2) is 8.42 Å². The molecule has 0 spiro atoms. The van der Waals surface area contributed by atoms with Gasteiger partial charge in [-0.15, -0.1) is 0 Å². The van der Waals surface area contributed by atoms with E-state index in [1.165, 1.54) is 10.4 Å². The van der Waals surface area contributed by atoms with Crippen LogP contribution in [-0.2, 0) is 16.6 Å². The van der Waals surface area contributed by atoms with Crippen molar-refractivity contribution in [3.63, 3.8) is 0 Å². The van der Waals surface area contributed by atoms with Gasteiger partial charge in [-0.2, -0.15) is 4.31 Å². The Morgan fingerprint density at radius 1 is 1.06 bits per heavy atom. The Morgan fingerprint density at radius 2 is 1.71 bits per heavy atom. The summed E-state index contributed by atoms with van der Waals surface area (Å²) in [5, 5.41) is 2.89. The highest BCUT2D eigenvalue weighted by atomic mass is 32.2. The number of hydrogen-bond acceptors (Lipinski definition) is 4. The molecule has 1 heterocycles. The molecule has 0 aromatic heterocycles. The maximum atomic E-state index is 13.0. The van der Waals surface area contributed by atoms with E-state index in [4.69, 9.17) is 0 Å². The molecule has 0 atom stereocenters. The highest BCUT2D eigenvalue weighted by molar-refractivity contribution is 7.89. The molecule has 1 N–H and O–H groups in total. The molecule has 0 radical (unpaired) electrons.